The molecule has 11 nitrogen and oxygen atoms in total. The van der Waals surface area contributed by atoms with E-state index in [1.807, 2.05) is 72.8 Å². The van der Waals surface area contributed by atoms with E-state index in [4.69, 9.17) is 11.1 Å². The molecule has 50 heavy (non-hydrogen) atoms. The number of piperazine rings is 1. The summed E-state index contributed by atoms with van der Waals surface area (Å²) in [5.41, 5.74) is 7.81. The molecule has 260 valence electrons. The molecule has 0 bridgehead atoms. The van der Waals surface area contributed by atoms with Crippen molar-refractivity contribution in [3.8, 4) is 0 Å². The van der Waals surface area contributed by atoms with Gasteiger partial charge in [-0.1, -0.05) is 72.8 Å². The third kappa shape index (κ3) is 8.54. The number of piperidine rings is 1. The molecular formula is C38H43N7O4S. The molecule has 0 aliphatic carbocycles. The Morgan fingerprint density at radius 1 is 1.02 bits per heavy atom. The molecule has 0 spiro atoms. The number of Topliss-reactive ketones (excluding diaryl/α,β-unsaturated/α-hetero) is 1. The minimum absolute atomic E-state index is 0.0126. The molecule has 1 aromatic heterocycles. The molecule has 3 heterocycles. The summed E-state index contributed by atoms with van der Waals surface area (Å²) in [7, 11) is 0. The number of fused-ring (bicyclic) bond motifs is 1. The van der Waals surface area contributed by atoms with Crippen molar-refractivity contribution < 1.29 is 19.2 Å². The number of nitrogens with zero attached hydrogens (tertiary/aromatic N) is 4. The van der Waals surface area contributed by atoms with Crippen LogP contribution in [0.25, 0.3) is 10.8 Å². The van der Waals surface area contributed by atoms with Gasteiger partial charge in [-0.15, -0.1) is 11.3 Å². The second-order valence-electron chi connectivity index (χ2n) is 13.2. The van der Waals surface area contributed by atoms with Crippen molar-refractivity contribution in [2.75, 3.05) is 32.7 Å². The van der Waals surface area contributed by atoms with Gasteiger partial charge < -0.3 is 25.8 Å². The van der Waals surface area contributed by atoms with Crippen LogP contribution in [-0.2, 0) is 27.2 Å². The van der Waals surface area contributed by atoms with Crippen LogP contribution in [-0.4, -0.2) is 94.0 Å². The number of hydrogen-bond acceptors (Lipinski definition) is 7. The Morgan fingerprint density at radius 3 is 2.56 bits per heavy atom. The number of amides is 3. The van der Waals surface area contributed by atoms with Crippen LogP contribution in [0.2, 0.25) is 0 Å². The number of rotatable bonds is 13. The number of aromatic nitrogens is 1. The minimum atomic E-state index is -0.880. The number of thiazole rings is 1. The molecule has 0 saturated carbocycles. The van der Waals surface area contributed by atoms with Crippen LogP contribution in [0.5, 0.6) is 0 Å². The molecule has 3 aromatic carbocycles. The molecule has 4 N–H and O–H groups in total. The standard InChI is InChI=1S/C38H43N7O4S/c39-38(40)44-18-7-11-28(23-44)21-31(35(48)36-41-16-19-50-36)42-33(46)24-45-32(22-27-14-15-29-12-4-5-13-30(29)20-27)37(49)43(25-34(45)47)17-6-10-26-8-2-1-3-9-26/h1-5,8-9,12-16,19-20,28,31-32H,6-7,10-11,17-18,21-25H2,(H3,39,40)(H,42,46)/t28-,31-,32+/m0/s1. The lowest BCUT2D eigenvalue weighted by Gasteiger charge is -2.40. The summed E-state index contributed by atoms with van der Waals surface area (Å²) in [6.07, 6.45) is 5.27. The topological polar surface area (TPSA) is 153 Å². The van der Waals surface area contributed by atoms with Crippen LogP contribution < -0.4 is 11.1 Å². The molecule has 2 fully saturated rings. The molecule has 3 amide bonds. The van der Waals surface area contributed by atoms with E-state index in [1.54, 1.807) is 21.4 Å². The summed E-state index contributed by atoms with van der Waals surface area (Å²) >= 11 is 1.21. The Labute approximate surface area is 296 Å². The van der Waals surface area contributed by atoms with E-state index in [1.165, 1.54) is 21.8 Å². The Balaban J connectivity index is 1.19. The number of hydrogen-bond donors (Lipinski definition) is 3. The number of nitrogens with two attached hydrogens (primary N) is 1. The molecule has 12 heteroatoms. The summed E-state index contributed by atoms with van der Waals surface area (Å²) in [5.74, 6) is -1.31. The first-order valence-corrected chi connectivity index (χ1v) is 18.0. The van der Waals surface area contributed by atoms with Crippen LogP contribution in [0, 0.1) is 11.3 Å². The molecular weight excluding hydrogens is 651 g/mol. The third-order valence-corrected chi connectivity index (χ3v) is 10.4. The molecule has 6 rings (SSSR count). The van der Waals surface area contributed by atoms with Gasteiger partial charge in [0.15, 0.2) is 11.0 Å². The lowest BCUT2D eigenvalue weighted by Crippen LogP contribution is -2.62. The zero-order chi connectivity index (χ0) is 35.0. The molecule has 2 saturated heterocycles. The lowest BCUT2D eigenvalue weighted by atomic mass is 9.90. The van der Waals surface area contributed by atoms with Crippen molar-refractivity contribution in [1.82, 2.24) is 25.0 Å². The number of aryl methyl sites for hydroxylation is 1. The fourth-order valence-corrected chi connectivity index (χ4v) is 7.70. The summed E-state index contributed by atoms with van der Waals surface area (Å²) in [6, 6.07) is 22.2. The quantitative estimate of drug-likeness (QED) is 0.109. The van der Waals surface area contributed by atoms with Gasteiger partial charge in [0.2, 0.25) is 23.5 Å². The average Bonchev–Trinajstić information content (AvgIpc) is 3.67. The molecule has 0 unspecified atom stereocenters. The van der Waals surface area contributed by atoms with Gasteiger partial charge in [-0.2, -0.15) is 0 Å². The maximum absolute atomic E-state index is 14.1. The van der Waals surface area contributed by atoms with Crippen molar-refractivity contribution in [3.05, 3.63) is 101 Å². The first kappa shape index (κ1) is 34.8. The lowest BCUT2D eigenvalue weighted by molar-refractivity contribution is -0.157. The predicted octanol–water partition coefficient (Wildman–Crippen LogP) is 3.87. The molecule has 0 radical (unpaired) electrons. The summed E-state index contributed by atoms with van der Waals surface area (Å²) < 4.78 is 0. The Bertz CT molecular complexity index is 1830. The smallest absolute Gasteiger partial charge is 0.246 e. The van der Waals surface area contributed by atoms with Gasteiger partial charge in [-0.05, 0) is 59.9 Å². The minimum Gasteiger partial charge on any atom is -0.370 e. The Morgan fingerprint density at radius 2 is 1.80 bits per heavy atom. The number of ketones is 1. The fraction of sp³-hybridized carbons (Fsp3) is 0.368. The average molecular weight is 694 g/mol. The number of guanidine groups is 1. The van der Waals surface area contributed by atoms with E-state index >= 15 is 0 Å². The maximum atomic E-state index is 14.1. The van der Waals surface area contributed by atoms with Crippen molar-refractivity contribution in [2.45, 2.75) is 50.6 Å². The number of carbonyl (C=O) groups excluding carboxylic acids is 4. The van der Waals surface area contributed by atoms with Crippen LogP contribution in [0.1, 0.15) is 46.6 Å². The second kappa shape index (κ2) is 16.1. The summed E-state index contributed by atoms with van der Waals surface area (Å²) in [6.45, 7) is 1.15. The van der Waals surface area contributed by atoms with Gasteiger partial charge in [-0.25, -0.2) is 4.98 Å². The zero-order valence-corrected chi connectivity index (χ0v) is 28.8. The number of nitrogens with one attached hydrogen (secondary N) is 2. The van der Waals surface area contributed by atoms with Gasteiger partial charge in [0.25, 0.3) is 0 Å². The summed E-state index contributed by atoms with van der Waals surface area (Å²) in [4.78, 5) is 64.3. The SMILES string of the molecule is N=C(N)N1CCC[C@@H](C[C@H](NC(=O)CN2C(=O)CN(CCCc3ccccc3)C(=O)[C@H]2Cc2ccc3ccccc3c2)C(=O)c2nccs2)C1. The summed E-state index contributed by atoms with van der Waals surface area (Å²) in [5, 5.41) is 14.9. The van der Waals surface area contributed by atoms with Crippen LogP contribution in [0.15, 0.2) is 84.4 Å². The highest BCUT2D eigenvalue weighted by Gasteiger charge is 2.40. The van der Waals surface area contributed by atoms with Gasteiger partial charge in [0.05, 0.1) is 12.6 Å². The highest BCUT2D eigenvalue weighted by molar-refractivity contribution is 7.11. The number of likely N-dealkylation sites (tertiary alicyclic amines) is 1. The largest absolute Gasteiger partial charge is 0.370 e. The van der Waals surface area contributed by atoms with Crippen LogP contribution in [0.4, 0.5) is 0 Å². The van der Waals surface area contributed by atoms with Gasteiger partial charge in [0.1, 0.15) is 12.6 Å². The highest BCUT2D eigenvalue weighted by atomic mass is 32.1. The van der Waals surface area contributed by atoms with Crippen LogP contribution in [0.3, 0.4) is 0 Å². The van der Waals surface area contributed by atoms with E-state index in [0.717, 1.165) is 35.6 Å². The van der Waals surface area contributed by atoms with Gasteiger partial charge in [0, 0.05) is 37.6 Å². The zero-order valence-electron chi connectivity index (χ0n) is 28.0. The van der Waals surface area contributed by atoms with E-state index < -0.39 is 18.0 Å². The molecule has 2 aliphatic rings. The number of benzene rings is 3. The predicted molar refractivity (Wildman–Crippen MR) is 194 cm³/mol. The highest BCUT2D eigenvalue weighted by Crippen LogP contribution is 2.24. The van der Waals surface area contributed by atoms with E-state index in [9.17, 15) is 19.2 Å². The van der Waals surface area contributed by atoms with E-state index in [0.29, 0.717) is 37.5 Å². The normalized spacial score (nSPS) is 18.7. The fourth-order valence-electron chi connectivity index (χ4n) is 7.07. The van der Waals surface area contributed by atoms with Crippen molar-refractivity contribution in [1.29, 1.82) is 5.41 Å². The second-order valence-corrected chi connectivity index (χ2v) is 14.1. The third-order valence-electron chi connectivity index (χ3n) is 9.64. The van der Waals surface area contributed by atoms with Crippen molar-refractivity contribution >= 4 is 51.6 Å². The van der Waals surface area contributed by atoms with Gasteiger partial charge >= 0.3 is 0 Å². The van der Waals surface area contributed by atoms with Gasteiger partial charge in [-0.3, -0.25) is 24.6 Å². The molecule has 2 aliphatic heterocycles. The van der Waals surface area contributed by atoms with E-state index in [2.05, 4.69) is 10.3 Å². The molecule has 3 atom stereocenters. The monoisotopic (exact) mass is 693 g/mol. The van der Waals surface area contributed by atoms with Crippen LogP contribution >= 0.6 is 11.3 Å². The first-order valence-electron chi connectivity index (χ1n) is 17.2. The number of carbonyl (C=O) groups is 4. The Hall–Kier alpha value is -5.10. The van der Waals surface area contributed by atoms with E-state index in [-0.39, 0.29) is 49.0 Å². The van der Waals surface area contributed by atoms with Crippen molar-refractivity contribution in [2.24, 2.45) is 11.7 Å². The Kier molecular flexibility index (Phi) is 11.2. The maximum Gasteiger partial charge on any atom is 0.246 e. The first-order chi connectivity index (χ1) is 24.2. The van der Waals surface area contributed by atoms with Crippen molar-refractivity contribution in [3.63, 3.8) is 0 Å². The molecule has 4 aromatic rings.